The first-order valence-corrected chi connectivity index (χ1v) is 9.13. The quantitative estimate of drug-likeness (QED) is 0.468. The summed E-state index contributed by atoms with van der Waals surface area (Å²) in [5.74, 6) is 2.81. The first-order valence-electron chi connectivity index (χ1n) is 5.63. The zero-order valence-corrected chi connectivity index (χ0v) is 11.7. The number of hydrogen-bond acceptors (Lipinski definition) is 2. The van der Waals surface area contributed by atoms with Crippen LogP contribution in [0.25, 0.3) is 0 Å². The minimum atomic E-state index is -1.44. The maximum Gasteiger partial charge on any atom is 0.249 e. The van der Waals surface area contributed by atoms with Gasteiger partial charge in [-0.05, 0) is 6.08 Å². The number of amides is 1. The summed E-state index contributed by atoms with van der Waals surface area (Å²) in [4.78, 5) is 12.9. The number of carbonyl (C=O) groups excluding carboxylic acids is 1. The van der Waals surface area contributed by atoms with Gasteiger partial charge in [0, 0.05) is 12.6 Å². The summed E-state index contributed by atoms with van der Waals surface area (Å²) < 4.78 is 0. The molecule has 1 N–H and O–H groups in total. The Labute approximate surface area is 104 Å². The molecule has 0 radical (unpaired) electrons. The Morgan fingerprint density at radius 3 is 2.76 bits per heavy atom. The van der Waals surface area contributed by atoms with Crippen molar-refractivity contribution in [1.82, 2.24) is 4.90 Å². The number of carbonyl (C=O) groups is 1. The van der Waals surface area contributed by atoms with Gasteiger partial charge in [0.25, 0.3) is 0 Å². The van der Waals surface area contributed by atoms with Crippen molar-refractivity contribution < 1.29 is 9.90 Å². The highest BCUT2D eigenvalue weighted by molar-refractivity contribution is 6.83. The zero-order valence-electron chi connectivity index (χ0n) is 10.7. The van der Waals surface area contributed by atoms with Crippen LogP contribution in [0.2, 0.25) is 19.6 Å². The molecule has 0 aromatic heterocycles. The van der Waals surface area contributed by atoms with Crippen LogP contribution in [0.1, 0.15) is 6.42 Å². The van der Waals surface area contributed by atoms with Gasteiger partial charge < -0.3 is 10.0 Å². The summed E-state index contributed by atoms with van der Waals surface area (Å²) in [7, 11) is -1.44. The molecule has 17 heavy (non-hydrogen) atoms. The fourth-order valence-corrected chi connectivity index (χ4v) is 2.17. The van der Waals surface area contributed by atoms with E-state index in [1.54, 1.807) is 6.08 Å². The Morgan fingerprint density at radius 1 is 1.59 bits per heavy atom. The summed E-state index contributed by atoms with van der Waals surface area (Å²) >= 11 is 0. The lowest BCUT2D eigenvalue weighted by Gasteiger charge is -2.30. The van der Waals surface area contributed by atoms with E-state index in [1.807, 2.05) is 0 Å². The normalized spacial score (nSPS) is 23.5. The van der Waals surface area contributed by atoms with Gasteiger partial charge in [-0.2, -0.15) is 0 Å². The first-order chi connectivity index (χ1) is 7.78. The van der Waals surface area contributed by atoms with Gasteiger partial charge in [-0.1, -0.05) is 25.7 Å². The van der Waals surface area contributed by atoms with Crippen molar-refractivity contribution in [2.45, 2.75) is 31.8 Å². The van der Waals surface area contributed by atoms with E-state index in [0.717, 1.165) is 0 Å². The third kappa shape index (κ3) is 3.58. The lowest BCUT2D eigenvalue weighted by atomic mass is 10.1. The van der Waals surface area contributed by atoms with Crippen molar-refractivity contribution in [1.29, 1.82) is 0 Å². The van der Waals surface area contributed by atoms with Crippen LogP contribution in [-0.4, -0.2) is 36.3 Å². The number of aliphatic hydroxyl groups is 1. The predicted octanol–water partition coefficient (Wildman–Crippen LogP) is 1.53. The molecular formula is C13H19NO2Si. The molecule has 0 aromatic rings. The lowest BCUT2D eigenvalue weighted by Crippen LogP contribution is -2.46. The minimum absolute atomic E-state index is 0.192. The van der Waals surface area contributed by atoms with Crippen LogP contribution >= 0.6 is 0 Å². The highest BCUT2D eigenvalue weighted by atomic mass is 28.3. The molecule has 0 spiro atoms. The minimum Gasteiger partial charge on any atom is -0.366 e. The topological polar surface area (TPSA) is 40.5 Å². The molecule has 0 saturated carbocycles. The summed E-state index contributed by atoms with van der Waals surface area (Å²) in [5, 5.41) is 10.3. The lowest BCUT2D eigenvalue weighted by molar-refractivity contribution is -0.139. The average molecular weight is 249 g/mol. The highest BCUT2D eigenvalue weighted by Gasteiger charge is 2.37. The molecule has 1 aliphatic heterocycles. The van der Waals surface area contributed by atoms with Crippen LogP contribution < -0.4 is 0 Å². The second kappa shape index (κ2) is 4.90. The third-order valence-corrected chi connectivity index (χ3v) is 3.28. The van der Waals surface area contributed by atoms with E-state index in [0.29, 0.717) is 6.54 Å². The Kier molecular flexibility index (Phi) is 3.97. The Morgan fingerprint density at radius 2 is 2.24 bits per heavy atom. The summed E-state index contributed by atoms with van der Waals surface area (Å²) in [5.41, 5.74) is 1.92. The molecule has 0 saturated heterocycles. The summed E-state index contributed by atoms with van der Waals surface area (Å²) in [6.07, 6.45) is 4.76. The standard InChI is InChI=1S/C13H19NO2Si/c1-5-10-14-12(15)7-9-13(14,16)8-6-11-17(2,3)4/h5,7,9,16H,1,8,10H2,2-4H3. The largest absolute Gasteiger partial charge is 0.366 e. The van der Waals surface area contributed by atoms with Crippen molar-refractivity contribution in [3.63, 3.8) is 0 Å². The van der Waals surface area contributed by atoms with Crippen LogP contribution in [0, 0.1) is 11.5 Å². The molecule has 0 aromatic carbocycles. The molecule has 0 bridgehead atoms. The fraction of sp³-hybridized carbons (Fsp3) is 0.462. The van der Waals surface area contributed by atoms with E-state index >= 15 is 0 Å². The predicted molar refractivity (Wildman–Crippen MR) is 71.7 cm³/mol. The molecule has 3 nitrogen and oxygen atoms in total. The van der Waals surface area contributed by atoms with Crippen LogP contribution in [0.4, 0.5) is 0 Å². The van der Waals surface area contributed by atoms with Crippen molar-refractivity contribution in [3.05, 3.63) is 24.8 Å². The Balaban J connectivity index is 2.79. The summed E-state index contributed by atoms with van der Waals surface area (Å²) in [6, 6.07) is 0. The zero-order chi connectivity index (χ0) is 13.1. The van der Waals surface area contributed by atoms with Crippen molar-refractivity contribution >= 4 is 14.0 Å². The molecule has 0 fully saturated rings. The molecule has 4 heteroatoms. The van der Waals surface area contributed by atoms with E-state index in [2.05, 4.69) is 37.7 Å². The maximum absolute atomic E-state index is 11.5. The molecule has 1 heterocycles. The molecule has 1 rings (SSSR count). The van der Waals surface area contributed by atoms with Crippen LogP contribution in [0.15, 0.2) is 24.8 Å². The van der Waals surface area contributed by atoms with Gasteiger partial charge in [0.15, 0.2) is 5.72 Å². The maximum atomic E-state index is 11.5. The average Bonchev–Trinajstić information content (AvgIpc) is 2.45. The molecule has 1 unspecified atom stereocenters. The van der Waals surface area contributed by atoms with Gasteiger partial charge in [0.05, 0.1) is 6.42 Å². The molecule has 1 amide bonds. The van der Waals surface area contributed by atoms with Crippen LogP contribution in [0.5, 0.6) is 0 Å². The third-order valence-electron chi connectivity index (χ3n) is 2.35. The van der Waals surface area contributed by atoms with Crippen molar-refractivity contribution in [2.24, 2.45) is 0 Å². The first kappa shape index (κ1) is 13.8. The second-order valence-corrected chi connectivity index (χ2v) is 9.93. The monoisotopic (exact) mass is 249 g/mol. The number of rotatable bonds is 3. The molecule has 0 aliphatic carbocycles. The van der Waals surface area contributed by atoms with E-state index in [9.17, 15) is 9.90 Å². The van der Waals surface area contributed by atoms with E-state index in [-0.39, 0.29) is 12.3 Å². The van der Waals surface area contributed by atoms with E-state index < -0.39 is 13.8 Å². The van der Waals surface area contributed by atoms with Gasteiger partial charge in [-0.25, -0.2) is 0 Å². The highest BCUT2D eigenvalue weighted by Crippen LogP contribution is 2.24. The van der Waals surface area contributed by atoms with Gasteiger partial charge in [-0.3, -0.25) is 4.79 Å². The fourth-order valence-electron chi connectivity index (χ4n) is 1.55. The number of hydrogen-bond donors (Lipinski definition) is 1. The van der Waals surface area contributed by atoms with Crippen molar-refractivity contribution in [2.75, 3.05) is 6.54 Å². The van der Waals surface area contributed by atoms with Gasteiger partial charge in [-0.15, -0.1) is 18.0 Å². The molecule has 92 valence electrons. The van der Waals surface area contributed by atoms with Crippen molar-refractivity contribution in [3.8, 4) is 11.5 Å². The molecule has 1 aliphatic rings. The van der Waals surface area contributed by atoms with Gasteiger partial charge in [0.1, 0.15) is 8.07 Å². The molecular weight excluding hydrogens is 230 g/mol. The second-order valence-electron chi connectivity index (χ2n) is 5.18. The SMILES string of the molecule is C=CCN1C(=O)C=CC1(O)CC#C[Si](C)(C)C. The van der Waals surface area contributed by atoms with Gasteiger partial charge >= 0.3 is 0 Å². The van der Waals surface area contributed by atoms with E-state index in [1.165, 1.54) is 17.1 Å². The van der Waals surface area contributed by atoms with Gasteiger partial charge in [0.2, 0.25) is 5.91 Å². The van der Waals surface area contributed by atoms with E-state index in [4.69, 9.17) is 0 Å². The molecule has 1 atom stereocenters. The Bertz CT molecular complexity index is 411. The van der Waals surface area contributed by atoms with Crippen LogP contribution in [0.3, 0.4) is 0 Å². The number of nitrogens with zero attached hydrogens (tertiary/aromatic N) is 1. The smallest absolute Gasteiger partial charge is 0.249 e. The van der Waals surface area contributed by atoms with Crippen LogP contribution in [-0.2, 0) is 4.79 Å². The Hall–Kier alpha value is -1.31. The summed E-state index contributed by atoms with van der Waals surface area (Å²) in [6.45, 7) is 10.3.